The summed E-state index contributed by atoms with van der Waals surface area (Å²) in [5.41, 5.74) is 7.93. The zero-order chi connectivity index (χ0) is 22.8. The molecule has 4 heteroatoms. The minimum atomic E-state index is 0.800. The first-order valence-corrected chi connectivity index (χ1v) is 10.9. The highest BCUT2D eigenvalue weighted by Crippen LogP contribution is 2.34. The number of pyridine rings is 3. The topological polar surface area (TPSA) is 43.6 Å². The molecule has 0 fully saturated rings. The molecule has 0 atom stereocenters. The Morgan fingerprint density at radius 1 is 0.848 bits per heavy atom. The number of aromatic nitrogens is 4. The number of allylic oxidation sites excluding steroid dienone is 1. The van der Waals surface area contributed by atoms with Crippen molar-refractivity contribution in [2.75, 3.05) is 0 Å². The van der Waals surface area contributed by atoms with Crippen molar-refractivity contribution in [3.05, 3.63) is 109 Å². The Labute approximate surface area is 193 Å². The van der Waals surface area contributed by atoms with Crippen LogP contribution in [0.2, 0.25) is 0 Å². The van der Waals surface area contributed by atoms with Crippen molar-refractivity contribution in [2.24, 2.45) is 0 Å². The molecule has 0 amide bonds. The standard InChI is InChI=1S/C29H24N4/c1-4-10-27-22(5-2)23-17-20(3)13-14-28(23)33(27)29-19-21(24-11-6-8-15-30-24)18-26(32-29)25-12-7-9-16-31-25/h4-19H,2H2,1,3H3/b10-4-. The van der Waals surface area contributed by atoms with Crippen LogP contribution in [-0.4, -0.2) is 19.5 Å². The van der Waals surface area contributed by atoms with Gasteiger partial charge in [0.25, 0.3) is 0 Å². The van der Waals surface area contributed by atoms with Gasteiger partial charge >= 0.3 is 0 Å². The summed E-state index contributed by atoms with van der Waals surface area (Å²) in [6.07, 6.45) is 9.69. The second-order valence-corrected chi connectivity index (χ2v) is 7.89. The fourth-order valence-corrected chi connectivity index (χ4v) is 4.19. The molecule has 33 heavy (non-hydrogen) atoms. The van der Waals surface area contributed by atoms with Gasteiger partial charge in [0.05, 0.1) is 28.3 Å². The van der Waals surface area contributed by atoms with Crippen LogP contribution in [0.3, 0.4) is 0 Å². The number of nitrogens with zero attached hydrogens (tertiary/aromatic N) is 4. The van der Waals surface area contributed by atoms with E-state index >= 15 is 0 Å². The van der Waals surface area contributed by atoms with Gasteiger partial charge < -0.3 is 0 Å². The van der Waals surface area contributed by atoms with Gasteiger partial charge in [0.15, 0.2) is 0 Å². The van der Waals surface area contributed by atoms with Crippen molar-refractivity contribution < 1.29 is 0 Å². The maximum atomic E-state index is 5.07. The van der Waals surface area contributed by atoms with E-state index in [0.29, 0.717) is 0 Å². The average Bonchev–Trinajstić information content (AvgIpc) is 3.17. The van der Waals surface area contributed by atoms with Crippen LogP contribution in [0.1, 0.15) is 23.7 Å². The summed E-state index contributed by atoms with van der Waals surface area (Å²) in [5.74, 6) is 0.814. The number of benzene rings is 1. The Bertz CT molecular complexity index is 1420. The molecule has 4 aromatic heterocycles. The van der Waals surface area contributed by atoms with E-state index in [1.54, 1.807) is 6.20 Å². The molecule has 0 radical (unpaired) electrons. The third-order valence-corrected chi connectivity index (χ3v) is 5.66. The fraction of sp³-hybridized carbons (Fsp3) is 0.0690. The van der Waals surface area contributed by atoms with Gasteiger partial charge in [-0.1, -0.05) is 42.5 Å². The third-order valence-electron chi connectivity index (χ3n) is 5.66. The van der Waals surface area contributed by atoms with E-state index in [0.717, 1.165) is 50.6 Å². The van der Waals surface area contributed by atoms with Gasteiger partial charge in [0.2, 0.25) is 0 Å². The van der Waals surface area contributed by atoms with Crippen molar-refractivity contribution in [2.45, 2.75) is 13.8 Å². The zero-order valence-corrected chi connectivity index (χ0v) is 18.7. The molecule has 4 heterocycles. The molecule has 5 rings (SSSR count). The Kier molecular flexibility index (Phi) is 5.41. The third kappa shape index (κ3) is 3.76. The first kappa shape index (κ1) is 20.6. The average molecular weight is 429 g/mol. The van der Waals surface area contributed by atoms with Crippen molar-refractivity contribution in [1.29, 1.82) is 0 Å². The largest absolute Gasteiger partial charge is 0.294 e. The smallest absolute Gasteiger partial charge is 0.139 e. The normalized spacial score (nSPS) is 11.3. The van der Waals surface area contributed by atoms with Crippen LogP contribution in [0.25, 0.3) is 51.5 Å². The van der Waals surface area contributed by atoms with Crippen molar-refractivity contribution >= 4 is 23.1 Å². The molecule has 1 aromatic carbocycles. The highest BCUT2D eigenvalue weighted by Gasteiger charge is 2.18. The van der Waals surface area contributed by atoms with E-state index in [4.69, 9.17) is 4.98 Å². The van der Waals surface area contributed by atoms with Crippen LogP contribution in [0.4, 0.5) is 0 Å². The molecule has 0 saturated heterocycles. The second-order valence-electron chi connectivity index (χ2n) is 7.89. The lowest BCUT2D eigenvalue weighted by Gasteiger charge is -2.13. The van der Waals surface area contributed by atoms with Crippen LogP contribution in [0.15, 0.2) is 91.8 Å². The van der Waals surface area contributed by atoms with Crippen LogP contribution >= 0.6 is 0 Å². The Balaban J connectivity index is 1.86. The predicted octanol–water partition coefficient (Wildman–Crippen LogP) is 7.13. The summed E-state index contributed by atoms with van der Waals surface area (Å²) in [6, 6.07) is 22.4. The monoisotopic (exact) mass is 428 g/mol. The van der Waals surface area contributed by atoms with Crippen LogP contribution in [0.5, 0.6) is 0 Å². The summed E-state index contributed by atoms with van der Waals surface area (Å²) in [7, 11) is 0. The number of fused-ring (bicyclic) bond motifs is 1. The van der Waals surface area contributed by atoms with Crippen molar-refractivity contribution in [3.8, 4) is 28.5 Å². The van der Waals surface area contributed by atoms with E-state index in [2.05, 4.69) is 58.4 Å². The Morgan fingerprint density at radius 2 is 1.61 bits per heavy atom. The minimum absolute atomic E-state index is 0.800. The second kappa shape index (κ2) is 8.67. The first-order chi connectivity index (χ1) is 16.2. The lowest BCUT2D eigenvalue weighted by Crippen LogP contribution is -2.03. The van der Waals surface area contributed by atoms with E-state index in [9.17, 15) is 0 Å². The van der Waals surface area contributed by atoms with Crippen molar-refractivity contribution in [1.82, 2.24) is 19.5 Å². The van der Waals surface area contributed by atoms with E-state index in [-0.39, 0.29) is 0 Å². The van der Waals surface area contributed by atoms with Gasteiger partial charge in [-0.05, 0) is 68.5 Å². The molecule has 0 saturated carbocycles. The summed E-state index contributed by atoms with van der Waals surface area (Å²) in [4.78, 5) is 14.2. The molecule has 0 aliphatic heterocycles. The molecular formula is C29H24N4. The molecule has 0 spiro atoms. The summed E-state index contributed by atoms with van der Waals surface area (Å²) in [5, 5.41) is 1.16. The first-order valence-electron chi connectivity index (χ1n) is 10.9. The maximum absolute atomic E-state index is 5.07. The maximum Gasteiger partial charge on any atom is 0.139 e. The number of hydrogen-bond acceptors (Lipinski definition) is 3. The summed E-state index contributed by atoms with van der Waals surface area (Å²) < 4.78 is 2.20. The van der Waals surface area contributed by atoms with Crippen LogP contribution in [0, 0.1) is 6.92 Å². The molecule has 5 aromatic rings. The summed E-state index contributed by atoms with van der Waals surface area (Å²) >= 11 is 0. The molecule has 0 aliphatic rings. The van der Waals surface area contributed by atoms with E-state index < -0.39 is 0 Å². The molecular weight excluding hydrogens is 404 g/mol. The number of rotatable bonds is 5. The predicted molar refractivity (Wildman–Crippen MR) is 137 cm³/mol. The molecule has 160 valence electrons. The zero-order valence-electron chi connectivity index (χ0n) is 18.7. The van der Waals surface area contributed by atoms with Crippen LogP contribution in [-0.2, 0) is 0 Å². The quantitative estimate of drug-likeness (QED) is 0.299. The molecule has 4 nitrogen and oxygen atoms in total. The van der Waals surface area contributed by atoms with Gasteiger partial charge in [-0.15, -0.1) is 0 Å². The molecule has 0 unspecified atom stereocenters. The molecule has 0 bridgehead atoms. The van der Waals surface area contributed by atoms with E-state index in [1.807, 2.05) is 67.7 Å². The highest BCUT2D eigenvalue weighted by molar-refractivity contribution is 5.95. The SMILES string of the molecule is C=Cc1c(/C=C\C)n(-c2cc(-c3ccccn3)cc(-c3ccccn3)n2)c2ccc(C)cc12. The van der Waals surface area contributed by atoms with Gasteiger partial charge in [0, 0.05) is 28.9 Å². The summed E-state index contributed by atoms with van der Waals surface area (Å²) in [6.45, 7) is 8.24. The highest BCUT2D eigenvalue weighted by atomic mass is 15.1. The Morgan fingerprint density at radius 3 is 2.27 bits per heavy atom. The van der Waals surface area contributed by atoms with E-state index in [1.165, 1.54) is 5.56 Å². The lowest BCUT2D eigenvalue weighted by molar-refractivity contribution is 1.03. The Hall–Kier alpha value is -4.31. The fourth-order valence-electron chi connectivity index (χ4n) is 4.19. The van der Waals surface area contributed by atoms with Gasteiger partial charge in [-0.3, -0.25) is 14.5 Å². The van der Waals surface area contributed by atoms with Crippen LogP contribution < -0.4 is 0 Å². The van der Waals surface area contributed by atoms with Crippen molar-refractivity contribution in [3.63, 3.8) is 0 Å². The van der Waals surface area contributed by atoms with Gasteiger partial charge in [-0.25, -0.2) is 4.98 Å². The molecule has 0 N–H and O–H groups in total. The number of hydrogen-bond donors (Lipinski definition) is 0. The minimum Gasteiger partial charge on any atom is -0.294 e. The lowest BCUT2D eigenvalue weighted by atomic mass is 10.1. The van der Waals surface area contributed by atoms with Gasteiger partial charge in [-0.2, -0.15) is 0 Å². The van der Waals surface area contributed by atoms with Gasteiger partial charge in [0.1, 0.15) is 5.82 Å². The number of aryl methyl sites for hydroxylation is 1. The molecule has 0 aliphatic carbocycles.